The number of nitrogens with zero attached hydrogens (tertiary/aromatic N) is 1. The van der Waals surface area contributed by atoms with Gasteiger partial charge >= 0.3 is 0 Å². The zero-order valence-electron chi connectivity index (χ0n) is 12.6. The smallest absolute Gasteiger partial charge is 0.211 e. The first-order valence-electron chi connectivity index (χ1n) is 8.04. The molecule has 2 bridgehead atoms. The SMILES string of the molecule is CCCNCCCCS(=O)(=O)NC1CN2CCC1CC2. The zero-order chi connectivity index (χ0) is 14.4. The quantitative estimate of drug-likeness (QED) is 0.618. The van der Waals surface area contributed by atoms with Gasteiger partial charge in [-0.1, -0.05) is 6.92 Å². The van der Waals surface area contributed by atoms with Crippen molar-refractivity contribution < 1.29 is 8.42 Å². The van der Waals surface area contributed by atoms with Crippen molar-refractivity contribution >= 4 is 10.0 Å². The molecule has 0 amide bonds. The van der Waals surface area contributed by atoms with Gasteiger partial charge in [-0.15, -0.1) is 0 Å². The highest BCUT2D eigenvalue weighted by Crippen LogP contribution is 2.27. The van der Waals surface area contributed by atoms with Crippen molar-refractivity contribution in [1.29, 1.82) is 0 Å². The normalized spacial score (nSPS) is 29.8. The second-order valence-corrected chi connectivity index (χ2v) is 8.01. The first-order chi connectivity index (χ1) is 9.61. The van der Waals surface area contributed by atoms with Gasteiger partial charge in [-0.3, -0.25) is 0 Å². The standard InChI is InChI=1S/C14H29N3O2S/c1-2-7-15-8-3-4-11-20(18,19)16-14-12-17-9-5-13(14)6-10-17/h13-16H,2-12H2,1H3. The Balaban J connectivity index is 1.66. The summed E-state index contributed by atoms with van der Waals surface area (Å²) in [5.41, 5.74) is 0. The maximum Gasteiger partial charge on any atom is 0.211 e. The molecule has 0 aromatic carbocycles. The molecular formula is C14H29N3O2S. The molecule has 5 nitrogen and oxygen atoms in total. The highest BCUT2D eigenvalue weighted by molar-refractivity contribution is 7.89. The minimum atomic E-state index is -3.10. The fraction of sp³-hybridized carbons (Fsp3) is 1.00. The minimum absolute atomic E-state index is 0.153. The van der Waals surface area contributed by atoms with Crippen molar-refractivity contribution in [2.75, 3.05) is 38.5 Å². The van der Waals surface area contributed by atoms with Gasteiger partial charge in [-0.05, 0) is 64.2 Å². The highest BCUT2D eigenvalue weighted by Gasteiger charge is 2.35. The summed E-state index contributed by atoms with van der Waals surface area (Å²) in [6.45, 7) is 7.27. The number of hydrogen-bond donors (Lipinski definition) is 2. The first-order valence-corrected chi connectivity index (χ1v) is 9.69. The van der Waals surface area contributed by atoms with E-state index in [1.165, 1.54) is 0 Å². The predicted molar refractivity (Wildman–Crippen MR) is 82.3 cm³/mol. The summed E-state index contributed by atoms with van der Waals surface area (Å²) in [6, 6.07) is 0.153. The van der Waals surface area contributed by atoms with E-state index in [0.29, 0.717) is 5.92 Å². The van der Waals surface area contributed by atoms with Gasteiger partial charge < -0.3 is 10.2 Å². The number of sulfonamides is 1. The van der Waals surface area contributed by atoms with E-state index in [2.05, 4.69) is 21.9 Å². The Morgan fingerprint density at radius 2 is 1.90 bits per heavy atom. The molecule has 0 spiro atoms. The third-order valence-corrected chi connectivity index (χ3v) is 5.92. The van der Waals surface area contributed by atoms with E-state index >= 15 is 0 Å². The van der Waals surface area contributed by atoms with Crippen molar-refractivity contribution in [2.45, 2.75) is 45.1 Å². The maximum atomic E-state index is 12.1. The Morgan fingerprint density at radius 3 is 2.50 bits per heavy atom. The molecule has 1 atom stereocenters. The van der Waals surface area contributed by atoms with Crippen LogP contribution in [0.25, 0.3) is 0 Å². The number of fused-ring (bicyclic) bond motifs is 3. The Morgan fingerprint density at radius 1 is 1.15 bits per heavy atom. The van der Waals surface area contributed by atoms with Crippen LogP contribution in [0.4, 0.5) is 0 Å². The van der Waals surface area contributed by atoms with Crippen molar-refractivity contribution in [2.24, 2.45) is 5.92 Å². The van der Waals surface area contributed by atoms with Crippen molar-refractivity contribution in [1.82, 2.24) is 14.9 Å². The van der Waals surface area contributed by atoms with Crippen LogP contribution in [0.3, 0.4) is 0 Å². The average molecular weight is 303 g/mol. The summed E-state index contributed by atoms with van der Waals surface area (Å²) in [6.07, 6.45) is 5.09. The highest BCUT2D eigenvalue weighted by atomic mass is 32.2. The molecule has 2 N–H and O–H groups in total. The van der Waals surface area contributed by atoms with Crippen LogP contribution >= 0.6 is 0 Å². The number of rotatable bonds is 9. The summed E-state index contributed by atoms with van der Waals surface area (Å²) in [5.74, 6) is 0.824. The molecule has 118 valence electrons. The van der Waals surface area contributed by atoms with Crippen LogP contribution in [0.2, 0.25) is 0 Å². The Labute approximate surface area is 123 Å². The molecule has 3 saturated heterocycles. The van der Waals surface area contributed by atoms with Gasteiger partial charge in [0.05, 0.1) is 5.75 Å². The van der Waals surface area contributed by atoms with Crippen LogP contribution in [0.15, 0.2) is 0 Å². The van der Waals surface area contributed by atoms with Crippen LogP contribution in [-0.2, 0) is 10.0 Å². The van der Waals surface area contributed by atoms with Crippen LogP contribution in [-0.4, -0.2) is 57.8 Å². The summed E-state index contributed by atoms with van der Waals surface area (Å²) < 4.78 is 27.2. The molecule has 20 heavy (non-hydrogen) atoms. The van der Waals surface area contributed by atoms with Crippen molar-refractivity contribution in [3.8, 4) is 0 Å². The topological polar surface area (TPSA) is 61.4 Å². The van der Waals surface area contributed by atoms with Gasteiger partial charge in [0.25, 0.3) is 0 Å². The second kappa shape index (κ2) is 7.73. The lowest BCUT2D eigenvalue weighted by molar-refractivity contribution is 0.0827. The molecule has 3 aliphatic heterocycles. The summed E-state index contributed by atoms with van der Waals surface area (Å²) >= 11 is 0. The van der Waals surface area contributed by atoms with E-state index in [0.717, 1.165) is 64.8 Å². The van der Waals surface area contributed by atoms with E-state index < -0.39 is 10.0 Å². The summed E-state index contributed by atoms with van der Waals surface area (Å²) in [4.78, 5) is 2.38. The van der Waals surface area contributed by atoms with E-state index in [1.54, 1.807) is 0 Å². The predicted octanol–water partition coefficient (Wildman–Crippen LogP) is 0.780. The van der Waals surface area contributed by atoms with Crippen LogP contribution in [0, 0.1) is 5.92 Å². The van der Waals surface area contributed by atoms with Gasteiger partial charge in [0.1, 0.15) is 0 Å². The lowest BCUT2D eigenvalue weighted by Crippen LogP contribution is -2.57. The van der Waals surface area contributed by atoms with E-state index in [9.17, 15) is 8.42 Å². The Kier molecular flexibility index (Phi) is 6.26. The maximum absolute atomic E-state index is 12.1. The molecule has 0 saturated carbocycles. The fourth-order valence-corrected chi connectivity index (χ4v) is 4.66. The molecule has 3 rings (SSSR count). The number of unbranched alkanes of at least 4 members (excludes halogenated alkanes) is 1. The Hall–Kier alpha value is -0.170. The van der Waals surface area contributed by atoms with Gasteiger partial charge in [0.15, 0.2) is 0 Å². The molecule has 0 aromatic heterocycles. The van der Waals surface area contributed by atoms with Gasteiger partial charge in [-0.25, -0.2) is 13.1 Å². The zero-order valence-corrected chi connectivity index (χ0v) is 13.4. The van der Waals surface area contributed by atoms with Gasteiger partial charge in [-0.2, -0.15) is 0 Å². The van der Waals surface area contributed by atoms with Crippen molar-refractivity contribution in [3.05, 3.63) is 0 Å². The van der Waals surface area contributed by atoms with Gasteiger partial charge in [0, 0.05) is 12.6 Å². The van der Waals surface area contributed by atoms with Crippen LogP contribution < -0.4 is 10.0 Å². The molecular weight excluding hydrogens is 274 g/mol. The lowest BCUT2D eigenvalue weighted by Gasteiger charge is -2.44. The molecule has 3 heterocycles. The van der Waals surface area contributed by atoms with Crippen LogP contribution in [0.5, 0.6) is 0 Å². The second-order valence-electron chi connectivity index (χ2n) is 6.14. The molecule has 1 unspecified atom stereocenters. The third-order valence-electron chi connectivity index (χ3n) is 4.43. The Bertz CT molecular complexity index is 378. The third kappa shape index (κ3) is 4.98. The monoisotopic (exact) mass is 303 g/mol. The van der Waals surface area contributed by atoms with E-state index in [-0.39, 0.29) is 11.8 Å². The number of hydrogen-bond acceptors (Lipinski definition) is 4. The molecule has 0 aromatic rings. The number of nitrogens with one attached hydrogen (secondary N) is 2. The van der Waals surface area contributed by atoms with E-state index in [1.807, 2.05) is 0 Å². The van der Waals surface area contributed by atoms with Gasteiger partial charge in [0.2, 0.25) is 10.0 Å². The summed E-state index contributed by atoms with van der Waals surface area (Å²) in [7, 11) is -3.10. The summed E-state index contributed by atoms with van der Waals surface area (Å²) in [5, 5.41) is 3.30. The molecule has 0 radical (unpaired) electrons. The fourth-order valence-electron chi connectivity index (χ4n) is 3.23. The van der Waals surface area contributed by atoms with E-state index in [4.69, 9.17) is 0 Å². The molecule has 0 aliphatic carbocycles. The number of piperidine rings is 3. The lowest BCUT2D eigenvalue weighted by atomic mass is 9.85. The van der Waals surface area contributed by atoms with Crippen LogP contribution in [0.1, 0.15) is 39.0 Å². The first kappa shape index (κ1) is 16.2. The molecule has 3 fully saturated rings. The minimum Gasteiger partial charge on any atom is -0.317 e. The molecule has 3 aliphatic rings. The average Bonchev–Trinajstić information content (AvgIpc) is 2.43. The molecule has 6 heteroatoms. The van der Waals surface area contributed by atoms with Crippen molar-refractivity contribution in [3.63, 3.8) is 0 Å². The largest absolute Gasteiger partial charge is 0.317 e.